The molecule has 4 rings (SSSR count). The number of nitrogens with zero attached hydrogens (tertiary/aromatic N) is 4. The van der Waals surface area contributed by atoms with E-state index in [4.69, 9.17) is 14.0 Å². The lowest BCUT2D eigenvalue weighted by atomic mass is 10.2. The molecule has 2 saturated heterocycles. The quantitative estimate of drug-likeness (QED) is 0.839. The Kier molecular flexibility index (Phi) is 5.07. The molecule has 1 N–H and O–H groups in total. The van der Waals surface area contributed by atoms with Crippen LogP contribution in [-0.4, -0.2) is 66.6 Å². The molecule has 0 unspecified atom stereocenters. The highest BCUT2D eigenvalue weighted by atomic mass is 16.5. The molecule has 1 atom stereocenters. The molecule has 2 aromatic heterocycles. The lowest BCUT2D eigenvalue weighted by Crippen LogP contribution is -2.36. The monoisotopic (exact) mass is 359 g/mol. The van der Waals surface area contributed by atoms with Crippen LogP contribution in [0.3, 0.4) is 0 Å². The third-order valence-corrected chi connectivity index (χ3v) is 4.47. The Labute approximate surface area is 150 Å². The summed E-state index contributed by atoms with van der Waals surface area (Å²) in [5.74, 6) is 0.758. The molecule has 0 spiro atoms. The zero-order valence-electron chi connectivity index (χ0n) is 14.4. The van der Waals surface area contributed by atoms with E-state index in [1.54, 1.807) is 12.3 Å². The van der Waals surface area contributed by atoms with E-state index in [0.29, 0.717) is 25.6 Å². The maximum atomic E-state index is 12.2. The molecule has 2 aliphatic heterocycles. The number of ether oxygens (including phenoxy) is 2. The van der Waals surface area contributed by atoms with Crippen molar-refractivity contribution in [3.8, 4) is 11.4 Å². The van der Waals surface area contributed by atoms with Gasteiger partial charge in [0, 0.05) is 38.0 Å². The molecular formula is C17H21N5O4. The van der Waals surface area contributed by atoms with Crippen molar-refractivity contribution in [2.75, 3.05) is 44.4 Å². The van der Waals surface area contributed by atoms with Crippen LogP contribution in [0.15, 0.2) is 22.9 Å². The molecule has 2 fully saturated rings. The van der Waals surface area contributed by atoms with Crippen molar-refractivity contribution in [1.82, 2.24) is 20.4 Å². The maximum absolute atomic E-state index is 12.2. The van der Waals surface area contributed by atoms with Gasteiger partial charge < -0.3 is 24.2 Å². The summed E-state index contributed by atoms with van der Waals surface area (Å²) in [5, 5.41) is 6.70. The largest absolute Gasteiger partial charge is 0.378 e. The highest BCUT2D eigenvalue weighted by molar-refractivity contribution is 5.89. The molecule has 0 bridgehead atoms. The van der Waals surface area contributed by atoms with E-state index in [1.165, 1.54) is 0 Å². The summed E-state index contributed by atoms with van der Waals surface area (Å²) >= 11 is 0. The summed E-state index contributed by atoms with van der Waals surface area (Å²) in [6, 6.07) is 3.69. The molecule has 0 saturated carbocycles. The van der Waals surface area contributed by atoms with Crippen LogP contribution in [0.25, 0.3) is 11.4 Å². The van der Waals surface area contributed by atoms with Gasteiger partial charge in [0.05, 0.1) is 19.3 Å². The Morgan fingerprint density at radius 2 is 2.19 bits per heavy atom. The first-order chi connectivity index (χ1) is 12.8. The molecule has 0 radical (unpaired) electrons. The van der Waals surface area contributed by atoms with Gasteiger partial charge in [0.1, 0.15) is 5.82 Å². The van der Waals surface area contributed by atoms with Gasteiger partial charge in [-0.05, 0) is 25.0 Å². The number of aromatic nitrogens is 3. The van der Waals surface area contributed by atoms with Crippen LogP contribution in [0.5, 0.6) is 0 Å². The first-order valence-electron chi connectivity index (χ1n) is 8.82. The minimum atomic E-state index is -0.387. The van der Waals surface area contributed by atoms with E-state index in [-0.39, 0.29) is 17.9 Å². The fraction of sp³-hybridized carbons (Fsp3) is 0.529. The number of hydrogen-bond donors (Lipinski definition) is 1. The molecule has 26 heavy (non-hydrogen) atoms. The van der Waals surface area contributed by atoms with Crippen molar-refractivity contribution in [1.29, 1.82) is 0 Å². The minimum absolute atomic E-state index is 0.0530. The number of carbonyl (C=O) groups is 1. The Morgan fingerprint density at radius 1 is 1.31 bits per heavy atom. The zero-order chi connectivity index (χ0) is 17.8. The average molecular weight is 359 g/mol. The minimum Gasteiger partial charge on any atom is -0.378 e. The number of pyridine rings is 1. The number of hydrogen-bond acceptors (Lipinski definition) is 8. The highest BCUT2D eigenvalue weighted by Gasteiger charge is 2.21. The van der Waals surface area contributed by atoms with Gasteiger partial charge in [-0.1, -0.05) is 5.16 Å². The van der Waals surface area contributed by atoms with E-state index < -0.39 is 0 Å². The summed E-state index contributed by atoms with van der Waals surface area (Å²) in [6.07, 6.45) is 3.75. The highest BCUT2D eigenvalue weighted by Crippen LogP contribution is 2.21. The van der Waals surface area contributed by atoms with Gasteiger partial charge in [-0.3, -0.25) is 4.79 Å². The fourth-order valence-electron chi connectivity index (χ4n) is 3.04. The lowest BCUT2D eigenvalue weighted by molar-refractivity contribution is 0.0822. The summed E-state index contributed by atoms with van der Waals surface area (Å²) in [5.41, 5.74) is 0.753. The average Bonchev–Trinajstić information content (AvgIpc) is 3.39. The number of anilines is 1. The van der Waals surface area contributed by atoms with Crippen molar-refractivity contribution in [2.24, 2.45) is 0 Å². The molecule has 2 aliphatic rings. The second kappa shape index (κ2) is 7.79. The Bertz CT molecular complexity index is 753. The Balaban J connectivity index is 1.42. The fourth-order valence-corrected chi connectivity index (χ4v) is 3.04. The van der Waals surface area contributed by atoms with Crippen LogP contribution in [0, 0.1) is 0 Å². The molecule has 2 aromatic rings. The van der Waals surface area contributed by atoms with Crippen molar-refractivity contribution < 1.29 is 18.8 Å². The predicted octanol–water partition coefficient (Wildman–Crippen LogP) is 0.877. The van der Waals surface area contributed by atoms with Gasteiger partial charge in [0.15, 0.2) is 0 Å². The van der Waals surface area contributed by atoms with Gasteiger partial charge in [-0.25, -0.2) is 4.98 Å². The van der Waals surface area contributed by atoms with Gasteiger partial charge in [-0.15, -0.1) is 0 Å². The second-order valence-corrected chi connectivity index (χ2v) is 6.27. The third-order valence-electron chi connectivity index (χ3n) is 4.47. The van der Waals surface area contributed by atoms with E-state index in [1.807, 2.05) is 6.07 Å². The van der Waals surface area contributed by atoms with Gasteiger partial charge >= 0.3 is 11.8 Å². The van der Waals surface area contributed by atoms with E-state index in [2.05, 4.69) is 25.3 Å². The molecule has 1 amide bonds. The number of nitrogens with one attached hydrogen (secondary N) is 1. The summed E-state index contributed by atoms with van der Waals surface area (Å²) in [6.45, 7) is 4.15. The number of amides is 1. The predicted molar refractivity (Wildman–Crippen MR) is 91.9 cm³/mol. The van der Waals surface area contributed by atoms with E-state index in [0.717, 1.165) is 43.9 Å². The second-order valence-electron chi connectivity index (χ2n) is 6.27. The summed E-state index contributed by atoms with van der Waals surface area (Å²) in [4.78, 5) is 22.9. The van der Waals surface area contributed by atoms with E-state index >= 15 is 0 Å². The molecular weight excluding hydrogens is 338 g/mol. The molecule has 9 nitrogen and oxygen atoms in total. The molecule has 0 aromatic carbocycles. The Hall–Kier alpha value is -2.52. The van der Waals surface area contributed by atoms with Crippen LogP contribution >= 0.6 is 0 Å². The van der Waals surface area contributed by atoms with Crippen LogP contribution in [0.4, 0.5) is 5.82 Å². The van der Waals surface area contributed by atoms with Gasteiger partial charge in [0.25, 0.3) is 0 Å². The van der Waals surface area contributed by atoms with Gasteiger partial charge in [0.2, 0.25) is 5.82 Å². The SMILES string of the molecule is O=C(NC[C@H]1CCCO1)c1nc(-c2ccnc(N3CCOCC3)c2)no1. The normalized spacial score (nSPS) is 20.3. The van der Waals surface area contributed by atoms with Crippen molar-refractivity contribution in [3.63, 3.8) is 0 Å². The van der Waals surface area contributed by atoms with Crippen molar-refractivity contribution >= 4 is 11.7 Å². The summed E-state index contributed by atoms with van der Waals surface area (Å²) < 4.78 is 16.0. The van der Waals surface area contributed by atoms with Crippen LogP contribution < -0.4 is 10.2 Å². The number of morpholine rings is 1. The first-order valence-corrected chi connectivity index (χ1v) is 8.82. The van der Waals surface area contributed by atoms with Crippen LogP contribution in [0.2, 0.25) is 0 Å². The van der Waals surface area contributed by atoms with Crippen LogP contribution in [-0.2, 0) is 9.47 Å². The smallest absolute Gasteiger partial charge is 0.316 e. The third kappa shape index (κ3) is 3.83. The van der Waals surface area contributed by atoms with Crippen molar-refractivity contribution in [2.45, 2.75) is 18.9 Å². The number of rotatable bonds is 5. The van der Waals surface area contributed by atoms with Gasteiger partial charge in [-0.2, -0.15) is 4.98 Å². The maximum Gasteiger partial charge on any atom is 0.316 e. The Morgan fingerprint density at radius 3 is 3.00 bits per heavy atom. The molecule has 138 valence electrons. The topological polar surface area (TPSA) is 103 Å². The van der Waals surface area contributed by atoms with Crippen molar-refractivity contribution in [3.05, 3.63) is 24.2 Å². The standard InChI is InChI=1S/C17H21N5O4/c23-16(19-11-13-2-1-7-25-13)17-20-15(21-26-17)12-3-4-18-14(10-12)22-5-8-24-9-6-22/h3-4,10,13H,1-2,5-9,11H2,(H,19,23)/t13-/m1/s1. The first kappa shape index (κ1) is 16.9. The molecule has 4 heterocycles. The van der Waals surface area contributed by atoms with Crippen LogP contribution in [0.1, 0.15) is 23.5 Å². The zero-order valence-corrected chi connectivity index (χ0v) is 14.4. The number of carbonyl (C=O) groups excluding carboxylic acids is 1. The summed E-state index contributed by atoms with van der Waals surface area (Å²) in [7, 11) is 0. The lowest BCUT2D eigenvalue weighted by Gasteiger charge is -2.27. The molecule has 0 aliphatic carbocycles. The molecule has 9 heteroatoms. The van der Waals surface area contributed by atoms with E-state index in [9.17, 15) is 4.79 Å².